The van der Waals surface area contributed by atoms with E-state index in [1.54, 1.807) is 46.1 Å². The van der Waals surface area contributed by atoms with Gasteiger partial charge in [-0.05, 0) is 56.7 Å². The molecule has 0 fully saturated rings. The number of amides is 2. The van der Waals surface area contributed by atoms with E-state index >= 15 is 0 Å². The van der Waals surface area contributed by atoms with Crippen molar-refractivity contribution in [2.45, 2.75) is 38.8 Å². The number of alkyl carbamates (subject to hydrolysis) is 1. The summed E-state index contributed by atoms with van der Waals surface area (Å²) in [6.07, 6.45) is -0.282. The summed E-state index contributed by atoms with van der Waals surface area (Å²) < 4.78 is 16.3. The maximum absolute atomic E-state index is 12.3. The second kappa shape index (κ2) is 7.80. The first-order chi connectivity index (χ1) is 13.2. The van der Waals surface area contributed by atoms with Crippen molar-refractivity contribution < 1.29 is 23.8 Å². The van der Waals surface area contributed by atoms with Crippen molar-refractivity contribution in [1.82, 2.24) is 5.32 Å². The number of rotatable bonds is 4. The lowest BCUT2D eigenvalue weighted by Crippen LogP contribution is -2.49. The van der Waals surface area contributed by atoms with Gasteiger partial charge in [-0.3, -0.25) is 4.79 Å². The van der Waals surface area contributed by atoms with E-state index in [0.717, 1.165) is 5.56 Å². The Balaban J connectivity index is 1.72. The summed E-state index contributed by atoms with van der Waals surface area (Å²) in [6, 6.07) is 12.0. The van der Waals surface area contributed by atoms with Crippen LogP contribution in [0.3, 0.4) is 0 Å². The Hall–Kier alpha value is -3.22. The van der Waals surface area contributed by atoms with Crippen LogP contribution in [-0.2, 0) is 16.0 Å². The van der Waals surface area contributed by atoms with Gasteiger partial charge >= 0.3 is 6.09 Å². The molecule has 0 aromatic heterocycles. The van der Waals surface area contributed by atoms with Crippen molar-refractivity contribution in [3.63, 3.8) is 0 Å². The maximum atomic E-state index is 12.3. The van der Waals surface area contributed by atoms with E-state index in [1.807, 2.05) is 24.3 Å². The molecule has 2 amide bonds. The third-order valence-corrected chi connectivity index (χ3v) is 4.04. The highest BCUT2D eigenvalue weighted by atomic mass is 16.6. The fourth-order valence-electron chi connectivity index (χ4n) is 2.82. The van der Waals surface area contributed by atoms with E-state index in [1.165, 1.54) is 0 Å². The number of methoxy groups -OCH3 is 1. The fourth-order valence-corrected chi connectivity index (χ4v) is 2.82. The predicted molar refractivity (Wildman–Crippen MR) is 105 cm³/mol. The van der Waals surface area contributed by atoms with Crippen molar-refractivity contribution in [2.75, 3.05) is 12.4 Å². The van der Waals surface area contributed by atoms with Crippen LogP contribution in [0.1, 0.15) is 26.3 Å². The van der Waals surface area contributed by atoms with Crippen molar-refractivity contribution in [3.05, 3.63) is 48.0 Å². The van der Waals surface area contributed by atoms with E-state index < -0.39 is 17.7 Å². The molecule has 1 aliphatic rings. The molecule has 28 heavy (non-hydrogen) atoms. The van der Waals surface area contributed by atoms with Gasteiger partial charge in [0.05, 0.1) is 7.11 Å². The molecule has 1 unspecified atom stereocenters. The molecule has 148 valence electrons. The highest BCUT2D eigenvalue weighted by Crippen LogP contribution is 2.31. The first-order valence-electron chi connectivity index (χ1n) is 8.99. The highest BCUT2D eigenvalue weighted by Gasteiger charge is 2.29. The van der Waals surface area contributed by atoms with E-state index in [0.29, 0.717) is 29.4 Å². The average molecular weight is 384 g/mol. The topological polar surface area (TPSA) is 85.9 Å². The SMILES string of the molecule is COc1cccc(Oc2ccc3c(c2)CC(NC(=O)OC(C)(C)C)C(=O)N3)c1. The third-order valence-electron chi connectivity index (χ3n) is 4.04. The van der Waals surface area contributed by atoms with Crippen LogP contribution in [0.4, 0.5) is 10.5 Å². The minimum Gasteiger partial charge on any atom is -0.497 e. The molecule has 1 heterocycles. The molecule has 2 aromatic rings. The van der Waals surface area contributed by atoms with Crippen molar-refractivity contribution in [1.29, 1.82) is 0 Å². The normalized spacial score (nSPS) is 15.9. The number of hydrogen-bond acceptors (Lipinski definition) is 5. The molecule has 7 nitrogen and oxygen atoms in total. The molecule has 0 radical (unpaired) electrons. The minimum atomic E-state index is -0.714. The Morgan fingerprint density at radius 1 is 1.11 bits per heavy atom. The molecule has 1 atom stereocenters. The number of hydrogen-bond donors (Lipinski definition) is 2. The second-order valence-electron chi connectivity index (χ2n) is 7.49. The molecule has 1 aliphatic heterocycles. The summed E-state index contributed by atoms with van der Waals surface area (Å²) in [5.41, 5.74) is 0.927. The van der Waals surface area contributed by atoms with Gasteiger partial charge < -0.3 is 24.8 Å². The van der Waals surface area contributed by atoms with Crippen LogP contribution in [0.15, 0.2) is 42.5 Å². The van der Waals surface area contributed by atoms with Crippen LogP contribution in [0.2, 0.25) is 0 Å². The van der Waals surface area contributed by atoms with Gasteiger partial charge in [-0.15, -0.1) is 0 Å². The van der Waals surface area contributed by atoms with E-state index in [-0.39, 0.29) is 5.91 Å². The summed E-state index contributed by atoms with van der Waals surface area (Å²) >= 11 is 0. The summed E-state index contributed by atoms with van der Waals surface area (Å²) in [7, 11) is 1.60. The Morgan fingerprint density at radius 2 is 1.82 bits per heavy atom. The monoisotopic (exact) mass is 384 g/mol. The molecule has 2 N–H and O–H groups in total. The lowest BCUT2D eigenvalue weighted by Gasteiger charge is -2.27. The second-order valence-corrected chi connectivity index (χ2v) is 7.49. The number of carbonyl (C=O) groups is 2. The van der Waals surface area contributed by atoms with Gasteiger partial charge in [0.15, 0.2) is 0 Å². The first-order valence-corrected chi connectivity index (χ1v) is 8.99. The highest BCUT2D eigenvalue weighted by molar-refractivity contribution is 5.99. The molecule has 7 heteroatoms. The molecule has 0 saturated carbocycles. The number of carbonyl (C=O) groups excluding carboxylic acids is 2. The molecular formula is C21H24N2O5. The lowest BCUT2D eigenvalue weighted by molar-refractivity contribution is -0.118. The fraction of sp³-hybridized carbons (Fsp3) is 0.333. The van der Waals surface area contributed by atoms with Gasteiger partial charge in [0.25, 0.3) is 0 Å². The molecule has 0 saturated heterocycles. The van der Waals surface area contributed by atoms with Gasteiger partial charge in [0.1, 0.15) is 28.9 Å². The average Bonchev–Trinajstić information content (AvgIpc) is 2.61. The van der Waals surface area contributed by atoms with Crippen molar-refractivity contribution in [3.8, 4) is 17.2 Å². The minimum absolute atomic E-state index is 0.278. The predicted octanol–water partition coefficient (Wildman–Crippen LogP) is 3.88. The smallest absolute Gasteiger partial charge is 0.408 e. The molecule has 3 rings (SSSR count). The van der Waals surface area contributed by atoms with Crippen LogP contribution in [-0.4, -0.2) is 30.8 Å². The molecule has 0 spiro atoms. The van der Waals surface area contributed by atoms with Crippen LogP contribution < -0.4 is 20.1 Å². The number of fused-ring (bicyclic) bond motifs is 1. The standard InChI is InChI=1S/C21H24N2O5/c1-21(2,3)28-20(25)23-18-11-13-10-16(8-9-17(13)22-19(18)24)27-15-7-5-6-14(12-15)26-4/h5-10,12,18H,11H2,1-4H3,(H,22,24)(H,23,25). The summed E-state index contributed by atoms with van der Waals surface area (Å²) in [5, 5.41) is 5.42. The number of benzene rings is 2. The number of anilines is 1. The van der Waals surface area contributed by atoms with Crippen LogP contribution >= 0.6 is 0 Å². The largest absolute Gasteiger partial charge is 0.497 e. The van der Waals surface area contributed by atoms with Gasteiger partial charge in [-0.2, -0.15) is 0 Å². The first kappa shape index (κ1) is 19.5. The number of ether oxygens (including phenoxy) is 3. The molecule has 2 aromatic carbocycles. The van der Waals surface area contributed by atoms with Crippen LogP contribution in [0, 0.1) is 0 Å². The van der Waals surface area contributed by atoms with E-state index in [9.17, 15) is 9.59 Å². The zero-order valence-corrected chi connectivity index (χ0v) is 16.4. The quantitative estimate of drug-likeness (QED) is 0.836. The van der Waals surface area contributed by atoms with E-state index in [4.69, 9.17) is 14.2 Å². The molecule has 0 aliphatic carbocycles. The summed E-state index contributed by atoms with van der Waals surface area (Å²) in [6.45, 7) is 5.31. The third kappa shape index (κ3) is 4.94. The molecule has 0 bridgehead atoms. The lowest BCUT2D eigenvalue weighted by atomic mass is 9.99. The van der Waals surface area contributed by atoms with Crippen molar-refractivity contribution in [2.24, 2.45) is 0 Å². The van der Waals surface area contributed by atoms with Crippen LogP contribution in [0.25, 0.3) is 0 Å². The Bertz CT molecular complexity index is 889. The molecular weight excluding hydrogens is 360 g/mol. The summed E-state index contributed by atoms with van der Waals surface area (Å²) in [4.78, 5) is 24.3. The maximum Gasteiger partial charge on any atom is 0.408 e. The van der Waals surface area contributed by atoms with Crippen molar-refractivity contribution >= 4 is 17.7 Å². The zero-order chi connectivity index (χ0) is 20.3. The van der Waals surface area contributed by atoms with Gasteiger partial charge in [0, 0.05) is 18.2 Å². The Labute approximate surface area is 164 Å². The Morgan fingerprint density at radius 3 is 2.54 bits per heavy atom. The van der Waals surface area contributed by atoms with Gasteiger partial charge in [-0.25, -0.2) is 4.79 Å². The van der Waals surface area contributed by atoms with E-state index in [2.05, 4.69) is 10.6 Å². The summed E-state index contributed by atoms with van der Waals surface area (Å²) in [5.74, 6) is 1.69. The van der Waals surface area contributed by atoms with Gasteiger partial charge in [0.2, 0.25) is 5.91 Å². The zero-order valence-electron chi connectivity index (χ0n) is 16.4. The van der Waals surface area contributed by atoms with Gasteiger partial charge in [-0.1, -0.05) is 6.07 Å². The van der Waals surface area contributed by atoms with Crippen LogP contribution in [0.5, 0.6) is 17.2 Å². The Kier molecular flexibility index (Phi) is 5.44. The number of nitrogens with one attached hydrogen (secondary N) is 2.